The van der Waals surface area contributed by atoms with Crippen molar-refractivity contribution in [2.75, 3.05) is 46.6 Å². The SMILES string of the molecule is COc1cc(CN2CCOCC(O)(COc3ccc(C)cc3)C2)ccc1OCCn1cc(C)cn1. The molecule has 8 nitrogen and oxygen atoms in total. The molecule has 1 N–H and O–H groups in total. The van der Waals surface area contributed by atoms with E-state index in [0.29, 0.717) is 44.3 Å². The van der Waals surface area contributed by atoms with Gasteiger partial charge in [-0.15, -0.1) is 0 Å². The van der Waals surface area contributed by atoms with E-state index in [1.807, 2.05) is 73.4 Å². The maximum absolute atomic E-state index is 11.2. The zero-order valence-corrected chi connectivity index (χ0v) is 20.8. The van der Waals surface area contributed by atoms with Crippen LogP contribution in [-0.4, -0.2) is 72.0 Å². The molecule has 0 spiro atoms. The van der Waals surface area contributed by atoms with Crippen molar-refractivity contribution in [1.29, 1.82) is 0 Å². The van der Waals surface area contributed by atoms with E-state index in [1.165, 1.54) is 5.56 Å². The van der Waals surface area contributed by atoms with Gasteiger partial charge in [0.15, 0.2) is 11.5 Å². The molecule has 1 aliphatic rings. The second-order valence-corrected chi connectivity index (χ2v) is 9.20. The van der Waals surface area contributed by atoms with Crippen LogP contribution in [0.15, 0.2) is 54.9 Å². The molecule has 1 saturated heterocycles. The lowest BCUT2D eigenvalue weighted by Gasteiger charge is -2.30. The average molecular weight is 482 g/mol. The summed E-state index contributed by atoms with van der Waals surface area (Å²) in [5.74, 6) is 2.12. The molecule has 1 unspecified atom stereocenters. The molecule has 0 saturated carbocycles. The van der Waals surface area contributed by atoms with Crippen LogP contribution in [0.25, 0.3) is 0 Å². The molecule has 8 heteroatoms. The van der Waals surface area contributed by atoms with Crippen molar-refractivity contribution in [3.8, 4) is 17.2 Å². The molecular formula is C27H35N3O5. The largest absolute Gasteiger partial charge is 0.493 e. The Labute approximate surface area is 207 Å². The summed E-state index contributed by atoms with van der Waals surface area (Å²) in [6.07, 6.45) is 3.82. The third-order valence-corrected chi connectivity index (χ3v) is 5.94. The molecule has 1 aliphatic heterocycles. The molecule has 188 valence electrons. The predicted molar refractivity (Wildman–Crippen MR) is 133 cm³/mol. The number of nitrogens with zero attached hydrogens (tertiary/aromatic N) is 3. The lowest BCUT2D eigenvalue weighted by atomic mass is 10.1. The van der Waals surface area contributed by atoms with E-state index < -0.39 is 5.60 Å². The van der Waals surface area contributed by atoms with E-state index in [4.69, 9.17) is 18.9 Å². The van der Waals surface area contributed by atoms with Crippen LogP contribution in [0.5, 0.6) is 17.2 Å². The molecule has 1 atom stereocenters. The van der Waals surface area contributed by atoms with Crippen molar-refractivity contribution < 1.29 is 24.1 Å². The number of aromatic nitrogens is 2. The molecule has 0 radical (unpaired) electrons. The van der Waals surface area contributed by atoms with E-state index in [2.05, 4.69) is 10.00 Å². The number of ether oxygens (including phenoxy) is 4. The Morgan fingerprint density at radius 2 is 1.89 bits per heavy atom. The lowest BCUT2D eigenvalue weighted by Crippen LogP contribution is -2.48. The summed E-state index contributed by atoms with van der Waals surface area (Å²) in [4.78, 5) is 2.18. The summed E-state index contributed by atoms with van der Waals surface area (Å²) in [5.41, 5.74) is 2.26. The normalized spacial score (nSPS) is 18.7. The van der Waals surface area contributed by atoms with Crippen LogP contribution in [0, 0.1) is 13.8 Å². The van der Waals surface area contributed by atoms with Crippen LogP contribution in [0.1, 0.15) is 16.7 Å². The van der Waals surface area contributed by atoms with Gasteiger partial charge in [0.05, 0.1) is 33.1 Å². The van der Waals surface area contributed by atoms with Crippen LogP contribution in [0.3, 0.4) is 0 Å². The molecule has 0 amide bonds. The number of β-amino-alcohol motifs (C(OH)–C–C–N with tert-alkyl or cyclic N) is 1. The Morgan fingerprint density at radius 3 is 2.63 bits per heavy atom. The Hall–Kier alpha value is -3.07. The van der Waals surface area contributed by atoms with Crippen molar-refractivity contribution in [2.24, 2.45) is 0 Å². The van der Waals surface area contributed by atoms with Gasteiger partial charge in [0, 0.05) is 25.8 Å². The van der Waals surface area contributed by atoms with Gasteiger partial charge in [0.2, 0.25) is 0 Å². The zero-order valence-electron chi connectivity index (χ0n) is 20.8. The average Bonchev–Trinajstić information content (AvgIpc) is 3.17. The highest BCUT2D eigenvalue weighted by Crippen LogP contribution is 2.29. The van der Waals surface area contributed by atoms with Crippen LogP contribution in [0.2, 0.25) is 0 Å². The first kappa shape index (κ1) is 25.0. The zero-order chi connectivity index (χ0) is 24.7. The second-order valence-electron chi connectivity index (χ2n) is 9.20. The van der Waals surface area contributed by atoms with Gasteiger partial charge in [-0.2, -0.15) is 5.10 Å². The second kappa shape index (κ2) is 11.6. The van der Waals surface area contributed by atoms with Gasteiger partial charge in [-0.1, -0.05) is 23.8 Å². The van der Waals surface area contributed by atoms with Crippen molar-refractivity contribution in [2.45, 2.75) is 32.5 Å². The molecule has 1 aromatic heterocycles. The van der Waals surface area contributed by atoms with Crippen molar-refractivity contribution in [3.05, 3.63) is 71.5 Å². The van der Waals surface area contributed by atoms with Crippen LogP contribution in [0.4, 0.5) is 0 Å². The molecule has 4 rings (SSSR count). The van der Waals surface area contributed by atoms with Gasteiger partial charge in [-0.25, -0.2) is 0 Å². The summed E-state index contributed by atoms with van der Waals surface area (Å²) in [6, 6.07) is 13.8. The molecular weight excluding hydrogens is 446 g/mol. The molecule has 3 aromatic rings. The van der Waals surface area contributed by atoms with Gasteiger partial charge in [0.25, 0.3) is 0 Å². The number of aliphatic hydroxyl groups is 1. The smallest absolute Gasteiger partial charge is 0.161 e. The van der Waals surface area contributed by atoms with E-state index in [0.717, 1.165) is 23.4 Å². The summed E-state index contributed by atoms with van der Waals surface area (Å²) >= 11 is 0. The van der Waals surface area contributed by atoms with E-state index in [-0.39, 0.29) is 13.2 Å². The fourth-order valence-electron chi connectivity index (χ4n) is 4.10. The topological polar surface area (TPSA) is 78.2 Å². The maximum atomic E-state index is 11.2. The van der Waals surface area contributed by atoms with Crippen LogP contribution < -0.4 is 14.2 Å². The molecule has 1 fully saturated rings. The predicted octanol–water partition coefficient (Wildman–Crippen LogP) is 3.23. The third kappa shape index (κ3) is 7.21. The fourth-order valence-corrected chi connectivity index (χ4v) is 4.10. The van der Waals surface area contributed by atoms with Crippen LogP contribution in [-0.2, 0) is 17.8 Å². The summed E-state index contributed by atoms with van der Waals surface area (Å²) in [7, 11) is 1.64. The van der Waals surface area contributed by atoms with Crippen molar-refractivity contribution >= 4 is 0 Å². The third-order valence-electron chi connectivity index (χ3n) is 5.94. The lowest BCUT2D eigenvalue weighted by molar-refractivity contribution is -0.0646. The first-order valence-corrected chi connectivity index (χ1v) is 11.9. The van der Waals surface area contributed by atoms with Crippen LogP contribution >= 0.6 is 0 Å². The molecule has 0 aliphatic carbocycles. The van der Waals surface area contributed by atoms with Gasteiger partial charge in [-0.05, 0) is 49.2 Å². The monoisotopic (exact) mass is 481 g/mol. The quantitative estimate of drug-likeness (QED) is 0.476. The van der Waals surface area contributed by atoms with E-state index in [9.17, 15) is 5.11 Å². The minimum Gasteiger partial charge on any atom is -0.493 e. The highest BCUT2D eigenvalue weighted by Gasteiger charge is 2.33. The summed E-state index contributed by atoms with van der Waals surface area (Å²) in [5, 5.41) is 15.5. The van der Waals surface area contributed by atoms with Gasteiger partial charge < -0.3 is 24.1 Å². The van der Waals surface area contributed by atoms with Gasteiger partial charge in [0.1, 0.15) is 24.6 Å². The van der Waals surface area contributed by atoms with E-state index in [1.54, 1.807) is 7.11 Å². The Kier molecular flexibility index (Phi) is 8.28. The fraction of sp³-hybridized carbons (Fsp3) is 0.444. The first-order valence-electron chi connectivity index (χ1n) is 11.9. The number of hydrogen-bond donors (Lipinski definition) is 1. The molecule has 35 heavy (non-hydrogen) atoms. The van der Waals surface area contributed by atoms with Crippen molar-refractivity contribution in [3.63, 3.8) is 0 Å². The van der Waals surface area contributed by atoms with Gasteiger partial charge >= 0.3 is 0 Å². The number of benzene rings is 2. The number of hydrogen-bond acceptors (Lipinski definition) is 7. The highest BCUT2D eigenvalue weighted by molar-refractivity contribution is 5.43. The first-order chi connectivity index (χ1) is 16.9. The number of rotatable bonds is 10. The molecule has 2 heterocycles. The number of methoxy groups -OCH3 is 1. The molecule has 2 aromatic carbocycles. The van der Waals surface area contributed by atoms with E-state index >= 15 is 0 Å². The summed E-state index contributed by atoms with van der Waals surface area (Å²) in [6.45, 7) is 7.98. The standard InChI is InChI=1S/C27H35N3O5/c1-21-4-7-24(8-5-21)35-20-27(31)18-29(10-12-33-19-27)17-23-6-9-25(26(14-23)32-3)34-13-11-30-16-22(2)15-28-30/h4-9,14-16,31H,10-13,17-20H2,1-3H3. The Morgan fingerprint density at radius 1 is 1.06 bits per heavy atom. The summed E-state index contributed by atoms with van der Waals surface area (Å²) < 4.78 is 25.0. The minimum absolute atomic E-state index is 0.165. The van der Waals surface area contributed by atoms with Gasteiger partial charge in [-0.3, -0.25) is 9.58 Å². The minimum atomic E-state index is -1.10. The highest BCUT2D eigenvalue weighted by atomic mass is 16.5. The Bertz CT molecular complexity index is 1080. The maximum Gasteiger partial charge on any atom is 0.161 e. The number of aryl methyl sites for hydroxylation is 2. The molecule has 0 bridgehead atoms. The van der Waals surface area contributed by atoms with Crippen molar-refractivity contribution in [1.82, 2.24) is 14.7 Å². The Balaban J connectivity index is 1.34.